The van der Waals surface area contributed by atoms with Gasteiger partial charge in [-0.15, -0.1) is 0 Å². The van der Waals surface area contributed by atoms with Gasteiger partial charge in [-0.05, 0) is 30.5 Å². The number of aliphatic imine (C=N–C) groups is 1. The number of carbonyl (C=O) groups is 1. The molecule has 0 radical (unpaired) electrons. The van der Waals surface area contributed by atoms with Crippen LogP contribution in [-0.4, -0.2) is 42.3 Å². The molecule has 0 saturated carbocycles. The predicted molar refractivity (Wildman–Crippen MR) is 99.5 cm³/mol. The molecule has 2 heterocycles. The number of nitrogens with zero attached hydrogens (tertiary/aromatic N) is 2. The average Bonchev–Trinajstić information content (AvgIpc) is 2.96. The van der Waals surface area contributed by atoms with Crippen LogP contribution >= 0.6 is 11.8 Å². The number of sulfone groups is 1. The molecular weight excluding hydrogens is 344 g/mol. The maximum absolute atomic E-state index is 12.0. The summed E-state index contributed by atoms with van der Waals surface area (Å²) >= 11 is 1.41. The molecule has 0 unspecified atom stereocenters. The second-order valence-electron chi connectivity index (χ2n) is 6.35. The molecule has 7 heteroatoms. The molecule has 2 aliphatic heterocycles. The van der Waals surface area contributed by atoms with Gasteiger partial charge in [0, 0.05) is 17.9 Å². The molecule has 130 valence electrons. The molecule has 0 spiro atoms. The molecule has 1 aromatic carbocycles. The molecule has 0 aromatic heterocycles. The fraction of sp³-hybridized carbons (Fsp3) is 0.529. The number of amides is 1. The van der Waals surface area contributed by atoms with Crippen LogP contribution in [-0.2, 0) is 21.1 Å². The maximum atomic E-state index is 12.0. The van der Waals surface area contributed by atoms with E-state index in [4.69, 9.17) is 0 Å². The van der Waals surface area contributed by atoms with E-state index in [2.05, 4.69) is 24.0 Å². The number of fused-ring (bicyclic) bond motifs is 1. The molecule has 1 amide bonds. The number of hydrogen-bond donors (Lipinski definition) is 0. The van der Waals surface area contributed by atoms with Crippen molar-refractivity contribution in [1.82, 2.24) is 0 Å². The highest BCUT2D eigenvalue weighted by atomic mass is 32.2. The van der Waals surface area contributed by atoms with Crippen molar-refractivity contribution in [3.63, 3.8) is 0 Å². The van der Waals surface area contributed by atoms with Gasteiger partial charge in [-0.25, -0.2) is 8.42 Å². The predicted octanol–water partition coefficient (Wildman–Crippen LogP) is 2.65. The van der Waals surface area contributed by atoms with Crippen molar-refractivity contribution in [2.45, 2.75) is 44.4 Å². The summed E-state index contributed by atoms with van der Waals surface area (Å²) in [7, 11) is -3.02. The molecule has 3 rings (SSSR count). The highest BCUT2D eigenvalue weighted by Gasteiger charge is 2.49. The molecule has 1 aromatic rings. The molecule has 0 bridgehead atoms. The Morgan fingerprint density at radius 2 is 2.00 bits per heavy atom. The molecule has 2 saturated heterocycles. The lowest BCUT2D eigenvalue weighted by molar-refractivity contribution is -0.115. The summed E-state index contributed by atoms with van der Waals surface area (Å²) in [6.07, 6.45) is 3.35. The molecule has 2 aliphatic rings. The Kier molecular flexibility index (Phi) is 5.01. The van der Waals surface area contributed by atoms with E-state index in [-0.39, 0.29) is 28.7 Å². The van der Waals surface area contributed by atoms with Gasteiger partial charge >= 0.3 is 0 Å². The molecular formula is C17H22N2O3S2. The minimum Gasteiger partial charge on any atom is -0.316 e. The maximum Gasteiger partial charge on any atom is 0.244 e. The third-order valence-corrected chi connectivity index (χ3v) is 7.56. The van der Waals surface area contributed by atoms with Crippen LogP contribution < -0.4 is 4.90 Å². The standard InChI is InChI=1S/C17H22N2O3S2/c1-3-4-5-13-6-8-14(9-7-13)19-15-10-24(21,22)11-16(15)23-17(19)18-12(2)20/h6-9,15-16H,3-5,10-11H2,1-2H3/t15-,16-/m0/s1. The number of carbonyl (C=O) groups excluding carboxylic acids is 1. The fourth-order valence-corrected chi connectivity index (χ4v) is 7.16. The fourth-order valence-electron chi connectivity index (χ4n) is 3.21. The molecule has 0 aliphatic carbocycles. The van der Waals surface area contributed by atoms with Gasteiger partial charge in [0.05, 0.1) is 17.5 Å². The lowest BCUT2D eigenvalue weighted by atomic mass is 10.1. The zero-order valence-electron chi connectivity index (χ0n) is 13.9. The van der Waals surface area contributed by atoms with Crippen LogP contribution in [0.4, 0.5) is 5.69 Å². The zero-order valence-corrected chi connectivity index (χ0v) is 15.6. The lowest BCUT2D eigenvalue weighted by Crippen LogP contribution is -2.37. The topological polar surface area (TPSA) is 66.8 Å². The van der Waals surface area contributed by atoms with E-state index in [0.717, 1.165) is 24.9 Å². The first-order chi connectivity index (χ1) is 11.4. The van der Waals surface area contributed by atoms with Crippen LogP contribution in [0.5, 0.6) is 0 Å². The number of aryl methyl sites for hydroxylation is 1. The number of benzene rings is 1. The number of rotatable bonds is 4. The largest absolute Gasteiger partial charge is 0.316 e. The van der Waals surface area contributed by atoms with Gasteiger partial charge in [0.2, 0.25) is 5.91 Å². The molecule has 2 atom stereocenters. The second-order valence-corrected chi connectivity index (χ2v) is 9.71. The Morgan fingerprint density at radius 3 is 2.62 bits per heavy atom. The number of anilines is 1. The highest BCUT2D eigenvalue weighted by molar-refractivity contribution is 8.16. The normalized spacial score (nSPS) is 26.8. The quantitative estimate of drug-likeness (QED) is 0.819. The van der Waals surface area contributed by atoms with Crippen molar-refractivity contribution < 1.29 is 13.2 Å². The summed E-state index contributed by atoms with van der Waals surface area (Å²) in [5.41, 5.74) is 2.18. The van der Waals surface area contributed by atoms with Crippen molar-refractivity contribution >= 4 is 38.4 Å². The summed E-state index contributed by atoms with van der Waals surface area (Å²) in [6, 6.07) is 8.04. The SMILES string of the molecule is CCCCc1ccc(N2C(=NC(C)=O)S[C@H]3CS(=O)(=O)C[C@@H]32)cc1. The molecule has 24 heavy (non-hydrogen) atoms. The van der Waals surface area contributed by atoms with Crippen LogP contribution in [0.1, 0.15) is 32.3 Å². The van der Waals surface area contributed by atoms with Crippen LogP contribution in [0.25, 0.3) is 0 Å². The van der Waals surface area contributed by atoms with E-state index < -0.39 is 9.84 Å². The Bertz CT molecular complexity index is 757. The highest BCUT2D eigenvalue weighted by Crippen LogP contribution is 2.41. The third kappa shape index (κ3) is 3.67. The summed E-state index contributed by atoms with van der Waals surface area (Å²) in [6.45, 7) is 3.59. The van der Waals surface area contributed by atoms with Crippen LogP contribution in [0.2, 0.25) is 0 Å². The average molecular weight is 367 g/mol. The van der Waals surface area contributed by atoms with Crippen LogP contribution in [0.15, 0.2) is 29.3 Å². The minimum absolute atomic E-state index is 0.0483. The Hall–Kier alpha value is -1.34. The first kappa shape index (κ1) is 17.5. The van der Waals surface area contributed by atoms with Gasteiger partial charge in [-0.2, -0.15) is 4.99 Å². The smallest absolute Gasteiger partial charge is 0.244 e. The number of thioether (sulfide) groups is 1. The summed E-state index contributed by atoms with van der Waals surface area (Å²) in [4.78, 5) is 17.5. The molecule has 5 nitrogen and oxygen atoms in total. The van der Waals surface area contributed by atoms with Gasteiger partial charge in [-0.3, -0.25) is 4.79 Å². The van der Waals surface area contributed by atoms with Crippen LogP contribution in [0, 0.1) is 0 Å². The van der Waals surface area contributed by atoms with E-state index in [1.807, 2.05) is 17.0 Å². The first-order valence-corrected chi connectivity index (χ1v) is 10.9. The monoisotopic (exact) mass is 366 g/mol. The van der Waals surface area contributed by atoms with Crippen molar-refractivity contribution in [3.8, 4) is 0 Å². The Morgan fingerprint density at radius 1 is 1.29 bits per heavy atom. The van der Waals surface area contributed by atoms with Crippen LogP contribution in [0.3, 0.4) is 0 Å². The molecule has 2 fully saturated rings. The van der Waals surface area contributed by atoms with Crippen molar-refractivity contribution in [3.05, 3.63) is 29.8 Å². The molecule has 0 N–H and O–H groups in total. The van der Waals surface area contributed by atoms with Gasteiger partial charge in [-0.1, -0.05) is 37.2 Å². The van der Waals surface area contributed by atoms with Gasteiger partial charge in [0.15, 0.2) is 15.0 Å². The van der Waals surface area contributed by atoms with E-state index in [9.17, 15) is 13.2 Å². The summed E-state index contributed by atoms with van der Waals surface area (Å²) < 4.78 is 24.0. The summed E-state index contributed by atoms with van der Waals surface area (Å²) in [5.74, 6) is 0.0219. The van der Waals surface area contributed by atoms with Gasteiger partial charge < -0.3 is 4.90 Å². The Balaban J connectivity index is 1.90. The van der Waals surface area contributed by atoms with E-state index in [0.29, 0.717) is 5.17 Å². The van der Waals surface area contributed by atoms with Crippen molar-refractivity contribution in [2.75, 3.05) is 16.4 Å². The zero-order chi connectivity index (χ0) is 17.3. The van der Waals surface area contributed by atoms with E-state index in [1.165, 1.54) is 24.2 Å². The first-order valence-electron chi connectivity index (χ1n) is 8.24. The lowest BCUT2D eigenvalue weighted by Gasteiger charge is -2.24. The van der Waals surface area contributed by atoms with Crippen molar-refractivity contribution in [2.24, 2.45) is 4.99 Å². The number of hydrogen-bond acceptors (Lipinski definition) is 4. The van der Waals surface area contributed by atoms with E-state index >= 15 is 0 Å². The van der Waals surface area contributed by atoms with E-state index in [1.54, 1.807) is 0 Å². The summed E-state index contributed by atoms with van der Waals surface area (Å²) in [5, 5.41) is 0.571. The number of unbranched alkanes of at least 4 members (excludes halogenated alkanes) is 1. The Labute approximate surface area is 147 Å². The third-order valence-electron chi connectivity index (χ3n) is 4.35. The van der Waals surface area contributed by atoms with Gasteiger partial charge in [0.25, 0.3) is 0 Å². The second kappa shape index (κ2) is 6.88. The minimum atomic E-state index is -3.02. The number of amidine groups is 1. The van der Waals surface area contributed by atoms with Crippen molar-refractivity contribution in [1.29, 1.82) is 0 Å². The van der Waals surface area contributed by atoms with Gasteiger partial charge in [0.1, 0.15) is 0 Å².